The molecule has 1 rings (SSSR count). The molecule has 0 saturated heterocycles. The van der Waals surface area contributed by atoms with Crippen LogP contribution in [0.25, 0.3) is 0 Å². The SMILES string of the molecule is COCCNCCN(C)Cc1nccs1. The van der Waals surface area contributed by atoms with Gasteiger partial charge in [0, 0.05) is 38.3 Å². The van der Waals surface area contributed by atoms with Gasteiger partial charge >= 0.3 is 0 Å². The first kappa shape index (κ1) is 12.6. The fraction of sp³-hybridized carbons (Fsp3) is 0.700. The third-order valence-electron chi connectivity index (χ3n) is 2.04. The maximum Gasteiger partial charge on any atom is 0.107 e. The number of thiazole rings is 1. The Morgan fingerprint density at radius 1 is 1.53 bits per heavy atom. The van der Waals surface area contributed by atoms with Gasteiger partial charge in [-0.3, -0.25) is 4.90 Å². The summed E-state index contributed by atoms with van der Waals surface area (Å²) in [7, 11) is 3.83. The van der Waals surface area contributed by atoms with Crippen LogP contribution in [-0.4, -0.2) is 50.3 Å². The molecule has 0 fully saturated rings. The van der Waals surface area contributed by atoms with Crippen molar-refractivity contribution in [3.8, 4) is 0 Å². The topological polar surface area (TPSA) is 37.4 Å². The second kappa shape index (κ2) is 7.76. The zero-order valence-electron chi connectivity index (χ0n) is 9.40. The molecule has 0 unspecified atom stereocenters. The molecule has 0 aliphatic rings. The first-order chi connectivity index (χ1) is 7.33. The van der Waals surface area contributed by atoms with Gasteiger partial charge in [0.25, 0.3) is 0 Å². The van der Waals surface area contributed by atoms with Gasteiger partial charge in [-0.2, -0.15) is 0 Å². The van der Waals surface area contributed by atoms with E-state index in [0.717, 1.165) is 32.8 Å². The van der Waals surface area contributed by atoms with Gasteiger partial charge in [0.05, 0.1) is 13.2 Å². The molecule has 0 amide bonds. The van der Waals surface area contributed by atoms with Crippen LogP contribution in [0.4, 0.5) is 0 Å². The number of hydrogen-bond acceptors (Lipinski definition) is 5. The molecule has 0 saturated carbocycles. The maximum absolute atomic E-state index is 4.95. The molecule has 1 heterocycles. The predicted molar refractivity (Wildman–Crippen MR) is 63.2 cm³/mol. The van der Waals surface area contributed by atoms with Gasteiger partial charge in [-0.1, -0.05) is 0 Å². The summed E-state index contributed by atoms with van der Waals surface area (Å²) in [6.45, 7) is 4.65. The number of ether oxygens (including phenoxy) is 1. The number of nitrogens with one attached hydrogen (secondary N) is 1. The normalized spacial score (nSPS) is 11.1. The van der Waals surface area contributed by atoms with Crippen LogP contribution >= 0.6 is 11.3 Å². The highest BCUT2D eigenvalue weighted by atomic mass is 32.1. The number of methoxy groups -OCH3 is 1. The van der Waals surface area contributed by atoms with Gasteiger partial charge in [-0.15, -0.1) is 11.3 Å². The monoisotopic (exact) mass is 229 g/mol. The van der Waals surface area contributed by atoms with Crippen molar-refractivity contribution in [3.05, 3.63) is 16.6 Å². The molecular weight excluding hydrogens is 210 g/mol. The van der Waals surface area contributed by atoms with Crippen molar-refractivity contribution in [2.75, 3.05) is 40.4 Å². The van der Waals surface area contributed by atoms with E-state index < -0.39 is 0 Å². The largest absolute Gasteiger partial charge is 0.383 e. The standard InChI is InChI=1S/C10H19N3OS/c1-13(6-3-11-4-7-14-2)9-10-12-5-8-15-10/h5,8,11H,3-4,6-7,9H2,1-2H3. The highest BCUT2D eigenvalue weighted by Crippen LogP contribution is 2.05. The Balaban J connectivity index is 2.01. The Morgan fingerprint density at radius 2 is 2.40 bits per heavy atom. The van der Waals surface area contributed by atoms with Crippen molar-refractivity contribution in [2.45, 2.75) is 6.54 Å². The summed E-state index contributed by atoms with van der Waals surface area (Å²) in [5.74, 6) is 0. The molecule has 0 bridgehead atoms. The molecule has 0 radical (unpaired) electrons. The smallest absolute Gasteiger partial charge is 0.107 e. The first-order valence-electron chi connectivity index (χ1n) is 5.09. The average molecular weight is 229 g/mol. The van der Waals surface area contributed by atoms with Crippen LogP contribution in [-0.2, 0) is 11.3 Å². The summed E-state index contributed by atoms with van der Waals surface area (Å²) >= 11 is 1.71. The van der Waals surface area contributed by atoms with E-state index in [0.29, 0.717) is 0 Å². The third kappa shape index (κ3) is 5.84. The zero-order valence-corrected chi connectivity index (χ0v) is 10.2. The second-order valence-corrected chi connectivity index (χ2v) is 4.39. The number of rotatable bonds is 8. The molecule has 0 aliphatic carbocycles. The van der Waals surface area contributed by atoms with E-state index in [2.05, 4.69) is 22.2 Å². The fourth-order valence-corrected chi connectivity index (χ4v) is 1.91. The van der Waals surface area contributed by atoms with Gasteiger partial charge < -0.3 is 10.1 Å². The van der Waals surface area contributed by atoms with Gasteiger partial charge in [0.2, 0.25) is 0 Å². The van der Waals surface area contributed by atoms with E-state index >= 15 is 0 Å². The minimum atomic E-state index is 0.774. The molecule has 0 aromatic carbocycles. The van der Waals surface area contributed by atoms with E-state index in [1.165, 1.54) is 5.01 Å². The summed E-state index contributed by atoms with van der Waals surface area (Å²) in [5.41, 5.74) is 0. The Labute approximate surface area is 95.3 Å². The Kier molecular flexibility index (Phi) is 6.50. The summed E-state index contributed by atoms with van der Waals surface area (Å²) in [5, 5.41) is 6.50. The summed E-state index contributed by atoms with van der Waals surface area (Å²) in [6.07, 6.45) is 1.85. The van der Waals surface area contributed by atoms with Crippen LogP contribution in [0.2, 0.25) is 0 Å². The number of aromatic nitrogens is 1. The van der Waals surface area contributed by atoms with Gasteiger partial charge in [-0.05, 0) is 7.05 Å². The first-order valence-corrected chi connectivity index (χ1v) is 5.97. The van der Waals surface area contributed by atoms with Crippen molar-refractivity contribution in [3.63, 3.8) is 0 Å². The summed E-state index contributed by atoms with van der Waals surface area (Å²) < 4.78 is 4.95. The van der Waals surface area contributed by atoms with Crippen LogP contribution < -0.4 is 5.32 Å². The van der Waals surface area contributed by atoms with Crippen LogP contribution in [0.3, 0.4) is 0 Å². The molecule has 1 N–H and O–H groups in total. The molecular formula is C10H19N3OS. The Bertz CT molecular complexity index is 241. The van der Waals surface area contributed by atoms with Gasteiger partial charge in [0.15, 0.2) is 0 Å². The van der Waals surface area contributed by atoms with E-state index in [-0.39, 0.29) is 0 Å². The minimum Gasteiger partial charge on any atom is -0.383 e. The highest BCUT2D eigenvalue weighted by molar-refractivity contribution is 7.09. The van der Waals surface area contributed by atoms with E-state index in [1.54, 1.807) is 18.4 Å². The minimum absolute atomic E-state index is 0.774. The van der Waals surface area contributed by atoms with Crippen LogP contribution in [0.1, 0.15) is 5.01 Å². The van der Waals surface area contributed by atoms with Crippen molar-refractivity contribution < 1.29 is 4.74 Å². The molecule has 15 heavy (non-hydrogen) atoms. The molecule has 5 heteroatoms. The Hall–Kier alpha value is -0.490. The second-order valence-electron chi connectivity index (χ2n) is 3.41. The van der Waals surface area contributed by atoms with Gasteiger partial charge in [0.1, 0.15) is 5.01 Å². The van der Waals surface area contributed by atoms with E-state index in [9.17, 15) is 0 Å². The molecule has 0 aliphatic heterocycles. The van der Waals surface area contributed by atoms with Crippen LogP contribution in [0.5, 0.6) is 0 Å². The number of nitrogens with zero attached hydrogens (tertiary/aromatic N) is 2. The third-order valence-corrected chi connectivity index (χ3v) is 2.81. The fourth-order valence-electron chi connectivity index (χ4n) is 1.21. The summed E-state index contributed by atoms with van der Waals surface area (Å²) in [4.78, 5) is 6.51. The maximum atomic E-state index is 4.95. The lowest BCUT2D eigenvalue weighted by molar-refractivity contribution is 0.197. The number of likely N-dealkylation sites (N-methyl/N-ethyl adjacent to an activating group) is 1. The molecule has 86 valence electrons. The summed E-state index contributed by atoms with van der Waals surface area (Å²) in [6, 6.07) is 0. The van der Waals surface area contributed by atoms with Crippen molar-refractivity contribution in [2.24, 2.45) is 0 Å². The zero-order chi connectivity index (χ0) is 10.9. The lowest BCUT2D eigenvalue weighted by Gasteiger charge is -2.15. The van der Waals surface area contributed by atoms with Crippen molar-refractivity contribution in [1.82, 2.24) is 15.2 Å². The van der Waals surface area contributed by atoms with Crippen molar-refractivity contribution >= 4 is 11.3 Å². The van der Waals surface area contributed by atoms with Crippen LogP contribution in [0.15, 0.2) is 11.6 Å². The molecule has 1 aromatic heterocycles. The predicted octanol–water partition coefficient (Wildman–Crippen LogP) is 0.811. The van der Waals surface area contributed by atoms with Crippen LogP contribution in [0, 0.1) is 0 Å². The Morgan fingerprint density at radius 3 is 3.07 bits per heavy atom. The molecule has 0 atom stereocenters. The van der Waals surface area contributed by atoms with E-state index in [1.807, 2.05) is 11.6 Å². The van der Waals surface area contributed by atoms with Gasteiger partial charge in [-0.25, -0.2) is 4.98 Å². The molecule has 4 nitrogen and oxygen atoms in total. The van der Waals surface area contributed by atoms with E-state index in [4.69, 9.17) is 4.74 Å². The highest BCUT2D eigenvalue weighted by Gasteiger charge is 2.01. The lowest BCUT2D eigenvalue weighted by atomic mass is 10.5. The van der Waals surface area contributed by atoms with Crippen molar-refractivity contribution in [1.29, 1.82) is 0 Å². The molecule has 1 aromatic rings. The number of hydrogen-bond donors (Lipinski definition) is 1. The molecule has 0 spiro atoms. The average Bonchev–Trinajstić information content (AvgIpc) is 2.70. The lowest BCUT2D eigenvalue weighted by Crippen LogP contribution is -2.30. The quantitative estimate of drug-likeness (QED) is 0.669.